The average molecular weight is 277 g/mol. The van der Waals surface area contributed by atoms with Crippen molar-refractivity contribution >= 4 is 11.9 Å². The second-order valence-electron chi connectivity index (χ2n) is 5.47. The van der Waals surface area contributed by atoms with E-state index in [0.717, 1.165) is 5.56 Å². The summed E-state index contributed by atoms with van der Waals surface area (Å²) < 4.78 is 0. The summed E-state index contributed by atoms with van der Waals surface area (Å²) in [4.78, 5) is 22.9. The van der Waals surface area contributed by atoms with E-state index in [0.29, 0.717) is 6.42 Å². The quantitative estimate of drug-likeness (QED) is 0.805. The molecule has 4 nitrogen and oxygen atoms in total. The molecule has 1 aromatic carbocycles. The van der Waals surface area contributed by atoms with Crippen molar-refractivity contribution in [2.24, 2.45) is 5.92 Å². The van der Waals surface area contributed by atoms with Crippen LogP contribution in [0.2, 0.25) is 0 Å². The van der Waals surface area contributed by atoms with Gasteiger partial charge in [0.15, 0.2) is 0 Å². The van der Waals surface area contributed by atoms with E-state index in [4.69, 9.17) is 5.11 Å². The zero-order chi connectivity index (χ0) is 15.1. The van der Waals surface area contributed by atoms with Gasteiger partial charge in [-0.2, -0.15) is 0 Å². The van der Waals surface area contributed by atoms with Crippen molar-refractivity contribution in [1.82, 2.24) is 5.32 Å². The highest BCUT2D eigenvalue weighted by atomic mass is 16.4. The number of carbonyl (C=O) groups excluding carboxylic acids is 1. The maximum Gasteiger partial charge on any atom is 0.303 e. The maximum atomic E-state index is 12.4. The molecule has 2 N–H and O–H groups in total. The van der Waals surface area contributed by atoms with Crippen LogP contribution in [-0.4, -0.2) is 23.0 Å². The first-order valence-corrected chi connectivity index (χ1v) is 6.99. The summed E-state index contributed by atoms with van der Waals surface area (Å²) in [5, 5.41) is 11.6. The van der Waals surface area contributed by atoms with Gasteiger partial charge in [-0.25, -0.2) is 0 Å². The van der Waals surface area contributed by atoms with Gasteiger partial charge < -0.3 is 10.4 Å². The molecule has 0 radical (unpaired) electrons. The number of carboxylic acids is 1. The summed E-state index contributed by atoms with van der Waals surface area (Å²) in [5.41, 5.74) is 0.991. The van der Waals surface area contributed by atoms with Gasteiger partial charge in [-0.3, -0.25) is 9.59 Å². The van der Waals surface area contributed by atoms with Crippen LogP contribution in [-0.2, 0) is 9.59 Å². The van der Waals surface area contributed by atoms with Crippen LogP contribution in [0, 0.1) is 5.92 Å². The van der Waals surface area contributed by atoms with Crippen molar-refractivity contribution in [3.05, 3.63) is 35.9 Å². The molecule has 0 aromatic heterocycles. The van der Waals surface area contributed by atoms with E-state index in [1.54, 1.807) is 0 Å². The van der Waals surface area contributed by atoms with Crippen molar-refractivity contribution in [3.63, 3.8) is 0 Å². The summed E-state index contributed by atoms with van der Waals surface area (Å²) in [6.07, 6.45) is 0.514. The number of nitrogens with one attached hydrogen (secondary N) is 1. The molecule has 2 atom stereocenters. The minimum atomic E-state index is -0.838. The van der Waals surface area contributed by atoms with Crippen LogP contribution in [0.15, 0.2) is 30.3 Å². The molecule has 20 heavy (non-hydrogen) atoms. The van der Waals surface area contributed by atoms with Crippen LogP contribution in [0.1, 0.15) is 45.1 Å². The first kappa shape index (κ1) is 16.2. The number of benzene rings is 1. The van der Waals surface area contributed by atoms with Crippen LogP contribution in [0.4, 0.5) is 0 Å². The molecule has 4 heteroatoms. The third-order valence-corrected chi connectivity index (χ3v) is 3.29. The van der Waals surface area contributed by atoms with Gasteiger partial charge in [0, 0.05) is 12.5 Å². The maximum absolute atomic E-state index is 12.4. The van der Waals surface area contributed by atoms with E-state index in [-0.39, 0.29) is 30.2 Å². The summed E-state index contributed by atoms with van der Waals surface area (Å²) in [6, 6.07) is 9.54. The molecule has 110 valence electrons. The molecular weight excluding hydrogens is 254 g/mol. The number of hydrogen-bond acceptors (Lipinski definition) is 2. The fraction of sp³-hybridized carbons (Fsp3) is 0.500. The first-order valence-electron chi connectivity index (χ1n) is 6.99. The lowest BCUT2D eigenvalue weighted by Crippen LogP contribution is -2.38. The number of carboxylic acid groups (broad SMARTS) is 1. The Hall–Kier alpha value is -1.84. The lowest BCUT2D eigenvalue weighted by Gasteiger charge is -2.23. The zero-order valence-electron chi connectivity index (χ0n) is 12.3. The standard InChI is InChI=1S/C16H23NO3/c1-11(2)15(13-7-5-4-6-8-13)16(20)17-12(3)9-10-14(18)19/h4-8,11-12,15H,9-10H2,1-3H3,(H,17,20)(H,18,19). The van der Waals surface area contributed by atoms with Gasteiger partial charge in [-0.05, 0) is 24.8 Å². The van der Waals surface area contributed by atoms with Gasteiger partial charge in [0.1, 0.15) is 0 Å². The summed E-state index contributed by atoms with van der Waals surface area (Å²) in [6.45, 7) is 5.86. The molecule has 0 aliphatic heterocycles. The third-order valence-electron chi connectivity index (χ3n) is 3.29. The Balaban J connectivity index is 2.69. The predicted octanol–water partition coefficient (Wildman–Crippen LogP) is 2.80. The van der Waals surface area contributed by atoms with E-state index >= 15 is 0 Å². The van der Waals surface area contributed by atoms with Gasteiger partial charge in [0.25, 0.3) is 0 Å². The second kappa shape index (κ2) is 7.68. The van der Waals surface area contributed by atoms with E-state index in [1.807, 2.05) is 51.1 Å². The highest BCUT2D eigenvalue weighted by molar-refractivity contribution is 5.84. The molecule has 0 fully saturated rings. The molecule has 0 heterocycles. The number of carbonyl (C=O) groups is 2. The molecular formula is C16H23NO3. The SMILES string of the molecule is CC(CCC(=O)O)NC(=O)C(c1ccccc1)C(C)C. The van der Waals surface area contributed by atoms with E-state index < -0.39 is 5.97 Å². The Morgan fingerprint density at radius 2 is 1.75 bits per heavy atom. The Bertz CT molecular complexity index is 442. The summed E-state index contributed by atoms with van der Waals surface area (Å²) in [5.74, 6) is -0.897. The molecule has 0 bridgehead atoms. The van der Waals surface area contributed by atoms with Crippen LogP contribution in [0.5, 0.6) is 0 Å². The smallest absolute Gasteiger partial charge is 0.303 e. The molecule has 0 spiro atoms. The summed E-state index contributed by atoms with van der Waals surface area (Å²) in [7, 11) is 0. The molecule has 0 saturated carbocycles. The van der Waals surface area contributed by atoms with E-state index in [2.05, 4.69) is 5.32 Å². The van der Waals surface area contributed by atoms with Crippen molar-refractivity contribution in [2.75, 3.05) is 0 Å². The van der Waals surface area contributed by atoms with E-state index in [1.165, 1.54) is 0 Å². The first-order chi connectivity index (χ1) is 9.41. The lowest BCUT2D eigenvalue weighted by molar-refractivity contribution is -0.137. The van der Waals surface area contributed by atoms with Crippen LogP contribution < -0.4 is 5.32 Å². The topological polar surface area (TPSA) is 66.4 Å². The van der Waals surface area contributed by atoms with Crippen molar-refractivity contribution in [3.8, 4) is 0 Å². The fourth-order valence-corrected chi connectivity index (χ4v) is 2.24. The zero-order valence-corrected chi connectivity index (χ0v) is 12.3. The van der Waals surface area contributed by atoms with Gasteiger partial charge in [0.05, 0.1) is 5.92 Å². The fourth-order valence-electron chi connectivity index (χ4n) is 2.24. The van der Waals surface area contributed by atoms with Crippen LogP contribution in [0.3, 0.4) is 0 Å². The highest BCUT2D eigenvalue weighted by Gasteiger charge is 2.24. The minimum Gasteiger partial charge on any atom is -0.481 e. The molecule has 0 aliphatic rings. The molecule has 0 saturated heterocycles. The minimum absolute atomic E-state index is 0.0379. The second-order valence-corrected chi connectivity index (χ2v) is 5.47. The van der Waals surface area contributed by atoms with Crippen molar-refractivity contribution in [2.45, 2.75) is 45.6 Å². The predicted molar refractivity (Wildman–Crippen MR) is 78.5 cm³/mol. The van der Waals surface area contributed by atoms with Gasteiger partial charge in [0.2, 0.25) is 5.91 Å². The molecule has 2 unspecified atom stereocenters. The van der Waals surface area contributed by atoms with Gasteiger partial charge >= 0.3 is 5.97 Å². The average Bonchev–Trinajstić information content (AvgIpc) is 2.37. The summed E-state index contributed by atoms with van der Waals surface area (Å²) >= 11 is 0. The Morgan fingerprint density at radius 3 is 2.25 bits per heavy atom. The number of aliphatic carboxylic acids is 1. The van der Waals surface area contributed by atoms with Gasteiger partial charge in [-0.15, -0.1) is 0 Å². The van der Waals surface area contributed by atoms with Crippen LogP contribution >= 0.6 is 0 Å². The largest absolute Gasteiger partial charge is 0.481 e. The number of rotatable bonds is 7. The molecule has 1 aromatic rings. The highest BCUT2D eigenvalue weighted by Crippen LogP contribution is 2.24. The lowest BCUT2D eigenvalue weighted by atomic mass is 9.87. The van der Waals surface area contributed by atoms with Crippen LogP contribution in [0.25, 0.3) is 0 Å². The van der Waals surface area contributed by atoms with E-state index in [9.17, 15) is 9.59 Å². The van der Waals surface area contributed by atoms with Crippen molar-refractivity contribution in [1.29, 1.82) is 0 Å². The number of hydrogen-bond donors (Lipinski definition) is 2. The Kier molecular flexibility index (Phi) is 6.22. The molecule has 0 aliphatic carbocycles. The third kappa shape index (κ3) is 5.03. The monoisotopic (exact) mass is 277 g/mol. The normalized spacial score (nSPS) is 13.8. The Labute approximate surface area is 120 Å². The Morgan fingerprint density at radius 1 is 1.15 bits per heavy atom. The molecule has 1 rings (SSSR count). The van der Waals surface area contributed by atoms with Crippen molar-refractivity contribution < 1.29 is 14.7 Å². The molecule has 1 amide bonds. The van der Waals surface area contributed by atoms with Gasteiger partial charge in [-0.1, -0.05) is 44.2 Å². The number of amides is 1.